The van der Waals surface area contributed by atoms with Crippen molar-refractivity contribution in [2.45, 2.75) is 45.5 Å². The van der Waals surface area contributed by atoms with Crippen LogP contribution in [0.1, 0.15) is 46.4 Å². The van der Waals surface area contributed by atoms with Crippen LogP contribution in [0.25, 0.3) is 12.2 Å². The molecule has 0 aliphatic carbocycles. The highest BCUT2D eigenvalue weighted by molar-refractivity contribution is 7.14. The molecule has 0 atom stereocenters. The quantitative estimate of drug-likeness (QED) is 0.410. The zero-order valence-electron chi connectivity index (χ0n) is 18.4. The van der Waals surface area contributed by atoms with Crippen molar-refractivity contribution in [3.8, 4) is 0 Å². The lowest BCUT2D eigenvalue weighted by atomic mass is 10.1. The summed E-state index contributed by atoms with van der Waals surface area (Å²) >= 11 is 1.39. The molecule has 0 spiro atoms. The highest BCUT2D eigenvalue weighted by Crippen LogP contribution is 2.36. The molecular formula is C23H33NO3SSi. The molecule has 6 heteroatoms. The maximum atomic E-state index is 11.0. The average molecular weight is 432 g/mol. The van der Waals surface area contributed by atoms with E-state index in [2.05, 4.69) is 70.1 Å². The van der Waals surface area contributed by atoms with Gasteiger partial charge in [-0.1, -0.05) is 39.0 Å². The first-order valence-electron chi connectivity index (χ1n) is 9.89. The molecule has 2 rings (SSSR count). The third-order valence-corrected chi connectivity index (χ3v) is 11.2. The van der Waals surface area contributed by atoms with Crippen molar-refractivity contribution >= 4 is 43.8 Å². The van der Waals surface area contributed by atoms with Crippen LogP contribution in [0.4, 0.5) is 5.69 Å². The molecule has 0 saturated carbocycles. The van der Waals surface area contributed by atoms with Crippen molar-refractivity contribution in [3.63, 3.8) is 0 Å². The van der Waals surface area contributed by atoms with E-state index in [1.807, 2.05) is 18.2 Å². The molecule has 1 N–H and O–H groups in total. The lowest BCUT2D eigenvalue weighted by Gasteiger charge is -2.36. The van der Waals surface area contributed by atoms with Gasteiger partial charge >= 0.3 is 0 Å². The minimum absolute atomic E-state index is 0.113. The van der Waals surface area contributed by atoms with E-state index in [0.29, 0.717) is 10.4 Å². The summed E-state index contributed by atoms with van der Waals surface area (Å²) in [5.74, 6) is 0. The van der Waals surface area contributed by atoms with Crippen molar-refractivity contribution < 1.29 is 14.3 Å². The summed E-state index contributed by atoms with van der Waals surface area (Å²) in [6.07, 6.45) is 4.79. The molecule has 2 aromatic rings. The number of carbonyl (C=O) groups is 1. The third kappa shape index (κ3) is 6.37. The van der Waals surface area contributed by atoms with Crippen LogP contribution in [-0.2, 0) is 11.0 Å². The maximum absolute atomic E-state index is 11.0. The lowest BCUT2D eigenvalue weighted by Crippen LogP contribution is -2.42. The first-order valence-corrected chi connectivity index (χ1v) is 13.6. The zero-order chi connectivity index (χ0) is 21.7. The largest absolute Gasteiger partial charge is 0.415 e. The Kier molecular flexibility index (Phi) is 7.99. The van der Waals surface area contributed by atoms with Gasteiger partial charge in [0.15, 0.2) is 14.6 Å². The smallest absolute Gasteiger partial charge is 0.192 e. The van der Waals surface area contributed by atoms with E-state index in [9.17, 15) is 9.90 Å². The number of rotatable bonds is 9. The van der Waals surface area contributed by atoms with E-state index in [-0.39, 0.29) is 11.6 Å². The topological polar surface area (TPSA) is 49.8 Å². The second-order valence-corrected chi connectivity index (χ2v) is 14.7. The van der Waals surface area contributed by atoms with E-state index >= 15 is 0 Å². The Morgan fingerprint density at radius 1 is 1.17 bits per heavy atom. The molecule has 4 nitrogen and oxygen atoms in total. The van der Waals surface area contributed by atoms with Gasteiger partial charge in [0, 0.05) is 24.2 Å². The van der Waals surface area contributed by atoms with Gasteiger partial charge in [0.2, 0.25) is 0 Å². The summed E-state index contributed by atoms with van der Waals surface area (Å²) in [5.41, 5.74) is 2.93. The molecular weight excluding hydrogens is 398 g/mol. The van der Waals surface area contributed by atoms with Crippen molar-refractivity contribution in [2.24, 2.45) is 0 Å². The van der Waals surface area contributed by atoms with Gasteiger partial charge in [0.25, 0.3) is 0 Å². The van der Waals surface area contributed by atoms with Gasteiger partial charge in [0.1, 0.15) is 0 Å². The van der Waals surface area contributed by atoms with Crippen LogP contribution in [0, 0.1) is 0 Å². The molecule has 1 heterocycles. The number of nitrogens with zero attached hydrogens (tertiary/aromatic N) is 1. The maximum Gasteiger partial charge on any atom is 0.192 e. The minimum Gasteiger partial charge on any atom is -0.415 e. The number of carbonyl (C=O) groups excluding carboxylic acids is 1. The summed E-state index contributed by atoms with van der Waals surface area (Å²) in [7, 11) is 0.381. The molecule has 0 aliphatic heterocycles. The van der Waals surface area contributed by atoms with E-state index in [1.54, 1.807) is 0 Å². The Morgan fingerprint density at radius 3 is 2.34 bits per heavy atom. The minimum atomic E-state index is -1.70. The fraction of sp³-hybridized carbons (Fsp3) is 0.435. The number of thiophene rings is 1. The van der Waals surface area contributed by atoms with Crippen LogP contribution in [0.2, 0.25) is 18.1 Å². The van der Waals surface area contributed by atoms with Gasteiger partial charge in [-0.3, -0.25) is 4.79 Å². The van der Waals surface area contributed by atoms with E-state index in [4.69, 9.17) is 4.43 Å². The Hall–Kier alpha value is -1.73. The van der Waals surface area contributed by atoms with Crippen LogP contribution in [0.15, 0.2) is 30.3 Å². The average Bonchev–Trinajstić information content (AvgIpc) is 3.08. The molecule has 0 radical (unpaired) electrons. The van der Waals surface area contributed by atoms with Crippen LogP contribution in [0.5, 0.6) is 0 Å². The fourth-order valence-electron chi connectivity index (χ4n) is 2.57. The molecule has 0 fully saturated rings. The monoisotopic (exact) mass is 431 g/mol. The van der Waals surface area contributed by atoms with Crippen LogP contribution in [-0.4, -0.2) is 39.9 Å². The Bertz CT molecular complexity index is 835. The van der Waals surface area contributed by atoms with Crippen molar-refractivity contribution in [1.82, 2.24) is 0 Å². The number of anilines is 1. The first kappa shape index (κ1) is 23.5. The van der Waals surface area contributed by atoms with Crippen molar-refractivity contribution in [1.29, 1.82) is 0 Å². The van der Waals surface area contributed by atoms with Gasteiger partial charge in [0.05, 0.1) is 18.1 Å². The molecule has 0 aliphatic rings. The number of aliphatic hydroxyl groups excluding tert-OH is 1. The van der Waals surface area contributed by atoms with Crippen LogP contribution in [0.3, 0.4) is 0 Å². The molecule has 0 amide bonds. The summed E-state index contributed by atoms with van der Waals surface area (Å²) in [5, 5.41) is 9.52. The van der Waals surface area contributed by atoms with Gasteiger partial charge in [-0.25, -0.2) is 0 Å². The molecule has 1 aromatic heterocycles. The van der Waals surface area contributed by atoms with Gasteiger partial charge in [-0.2, -0.15) is 0 Å². The van der Waals surface area contributed by atoms with Gasteiger partial charge < -0.3 is 14.4 Å². The molecule has 0 unspecified atom stereocenters. The second kappa shape index (κ2) is 9.85. The summed E-state index contributed by atoms with van der Waals surface area (Å²) in [4.78, 5) is 14.8. The summed E-state index contributed by atoms with van der Waals surface area (Å²) in [6.45, 7) is 12.8. The van der Waals surface area contributed by atoms with Gasteiger partial charge in [-0.15, -0.1) is 11.3 Å². The number of benzene rings is 1. The zero-order valence-corrected chi connectivity index (χ0v) is 20.2. The SMILES string of the molecule is CN(CCO[Si](C)(C)C(C)(C)C)c1ccc(C=Cc2cc(CO)c(C=O)s2)cc1. The summed E-state index contributed by atoms with van der Waals surface area (Å²) < 4.78 is 6.27. The number of likely N-dealkylation sites (N-methyl/N-ethyl adjacent to an activating group) is 1. The molecule has 0 saturated heterocycles. The lowest BCUT2D eigenvalue weighted by molar-refractivity contribution is 0.112. The highest BCUT2D eigenvalue weighted by Gasteiger charge is 2.36. The second-order valence-electron chi connectivity index (χ2n) is 8.77. The van der Waals surface area contributed by atoms with E-state index < -0.39 is 8.32 Å². The predicted octanol–water partition coefficient (Wildman–Crippen LogP) is 5.68. The van der Waals surface area contributed by atoms with Gasteiger partial charge in [-0.05, 0) is 53.5 Å². The fourth-order valence-corrected chi connectivity index (χ4v) is 4.50. The normalized spacial score (nSPS) is 12.5. The van der Waals surface area contributed by atoms with Crippen LogP contribution < -0.4 is 4.90 Å². The molecule has 1 aromatic carbocycles. The predicted molar refractivity (Wildman–Crippen MR) is 127 cm³/mol. The number of aliphatic hydroxyl groups is 1. The standard InChI is InChI=1S/C23H33NO3SSi/c1-23(2,3)29(5,6)27-14-13-24(4)20-10-7-18(8-11-20)9-12-21-15-19(16-25)22(17-26)28-21/h7-12,15,17,25H,13-14,16H2,1-6H3. The molecule has 158 valence electrons. The first-order chi connectivity index (χ1) is 13.6. The van der Waals surface area contributed by atoms with E-state index in [0.717, 1.165) is 35.6 Å². The Labute approximate surface area is 180 Å². The molecule has 29 heavy (non-hydrogen) atoms. The van der Waals surface area contributed by atoms with Crippen molar-refractivity contribution in [2.75, 3.05) is 25.1 Å². The highest BCUT2D eigenvalue weighted by atomic mass is 32.1. The Morgan fingerprint density at radius 2 is 1.83 bits per heavy atom. The molecule has 0 bridgehead atoms. The van der Waals surface area contributed by atoms with E-state index in [1.165, 1.54) is 11.3 Å². The third-order valence-electron chi connectivity index (χ3n) is 5.61. The number of hydrogen-bond donors (Lipinski definition) is 1. The van der Waals surface area contributed by atoms with Crippen molar-refractivity contribution in [3.05, 3.63) is 51.2 Å². The Balaban J connectivity index is 1.94. The number of aldehydes is 1. The van der Waals surface area contributed by atoms with Crippen LogP contribution >= 0.6 is 11.3 Å². The number of hydrogen-bond acceptors (Lipinski definition) is 5. The summed E-state index contributed by atoms with van der Waals surface area (Å²) in [6, 6.07) is 10.2.